The molecule has 2 aromatic rings. The van der Waals surface area contributed by atoms with Crippen LogP contribution >= 0.6 is 11.6 Å². The molecule has 5 heteroatoms. The van der Waals surface area contributed by atoms with Crippen molar-refractivity contribution in [2.24, 2.45) is 0 Å². The summed E-state index contributed by atoms with van der Waals surface area (Å²) < 4.78 is 13.4. The summed E-state index contributed by atoms with van der Waals surface area (Å²) in [5, 5.41) is 3.13. The third kappa shape index (κ3) is 2.28. The van der Waals surface area contributed by atoms with Crippen LogP contribution in [0.5, 0.6) is 0 Å². The van der Waals surface area contributed by atoms with Gasteiger partial charge in [-0.2, -0.15) is 0 Å². The molecule has 0 bridgehead atoms. The average molecular weight is 238 g/mol. The van der Waals surface area contributed by atoms with E-state index < -0.39 is 5.82 Å². The van der Waals surface area contributed by atoms with Crippen molar-refractivity contribution in [2.75, 3.05) is 5.32 Å². The van der Waals surface area contributed by atoms with Crippen LogP contribution in [0.4, 0.5) is 15.9 Å². The van der Waals surface area contributed by atoms with Gasteiger partial charge in [0.25, 0.3) is 0 Å². The van der Waals surface area contributed by atoms with Gasteiger partial charge < -0.3 is 5.32 Å². The monoisotopic (exact) mass is 237 g/mol. The van der Waals surface area contributed by atoms with Gasteiger partial charge in [0.2, 0.25) is 0 Å². The topological polar surface area (TPSA) is 37.8 Å². The van der Waals surface area contributed by atoms with Crippen LogP contribution in [0.25, 0.3) is 0 Å². The number of aromatic nitrogens is 2. The van der Waals surface area contributed by atoms with Crippen LogP contribution < -0.4 is 5.32 Å². The highest BCUT2D eigenvalue weighted by Crippen LogP contribution is 2.21. The lowest BCUT2D eigenvalue weighted by Crippen LogP contribution is -1.99. The molecule has 0 fully saturated rings. The third-order valence-corrected chi connectivity index (χ3v) is 2.27. The minimum absolute atomic E-state index is 0.139. The Morgan fingerprint density at radius 1 is 1.38 bits per heavy atom. The van der Waals surface area contributed by atoms with Crippen molar-refractivity contribution in [3.8, 4) is 0 Å². The first-order valence-corrected chi connectivity index (χ1v) is 5.04. The van der Waals surface area contributed by atoms with Crippen LogP contribution in [0.3, 0.4) is 0 Å². The maximum Gasteiger partial charge on any atom is 0.167 e. The molecule has 0 aliphatic rings. The zero-order valence-electron chi connectivity index (χ0n) is 8.54. The quantitative estimate of drug-likeness (QED) is 0.871. The van der Waals surface area contributed by atoms with Crippen molar-refractivity contribution in [1.29, 1.82) is 0 Å². The van der Waals surface area contributed by atoms with Gasteiger partial charge in [0.1, 0.15) is 0 Å². The Balaban J connectivity index is 2.31. The van der Waals surface area contributed by atoms with Crippen LogP contribution in [-0.2, 0) is 0 Å². The SMILES string of the molecule is Cc1ncccc1Nc1ncc(Cl)cc1F. The summed E-state index contributed by atoms with van der Waals surface area (Å²) in [4.78, 5) is 7.95. The molecular formula is C11H9ClFN3. The van der Waals surface area contributed by atoms with E-state index in [4.69, 9.17) is 11.6 Å². The van der Waals surface area contributed by atoms with Crippen molar-refractivity contribution in [2.45, 2.75) is 6.92 Å². The molecule has 0 saturated heterocycles. The Hall–Kier alpha value is -1.68. The van der Waals surface area contributed by atoms with Gasteiger partial charge in [-0.05, 0) is 25.1 Å². The van der Waals surface area contributed by atoms with Crippen LogP contribution in [-0.4, -0.2) is 9.97 Å². The number of halogens is 2. The van der Waals surface area contributed by atoms with Crippen LogP contribution in [0.1, 0.15) is 5.69 Å². The Morgan fingerprint density at radius 2 is 2.19 bits per heavy atom. The van der Waals surface area contributed by atoms with Crippen LogP contribution in [0, 0.1) is 12.7 Å². The molecule has 0 aliphatic heterocycles. The van der Waals surface area contributed by atoms with Gasteiger partial charge in [-0.3, -0.25) is 4.98 Å². The maximum atomic E-state index is 13.4. The number of nitrogens with zero attached hydrogens (tertiary/aromatic N) is 2. The van der Waals surface area contributed by atoms with Gasteiger partial charge >= 0.3 is 0 Å². The number of rotatable bonds is 2. The van der Waals surface area contributed by atoms with Crippen LogP contribution in [0.2, 0.25) is 5.02 Å². The molecule has 16 heavy (non-hydrogen) atoms. The van der Waals surface area contributed by atoms with Gasteiger partial charge in [-0.1, -0.05) is 11.6 Å². The average Bonchev–Trinajstić information content (AvgIpc) is 2.25. The molecule has 1 N–H and O–H groups in total. The highest BCUT2D eigenvalue weighted by molar-refractivity contribution is 6.30. The van der Waals surface area contributed by atoms with E-state index in [0.29, 0.717) is 0 Å². The summed E-state index contributed by atoms with van der Waals surface area (Å²) >= 11 is 5.61. The van der Waals surface area contributed by atoms with Crippen molar-refractivity contribution in [1.82, 2.24) is 9.97 Å². The smallest absolute Gasteiger partial charge is 0.167 e. The first-order chi connectivity index (χ1) is 7.66. The first-order valence-electron chi connectivity index (χ1n) is 4.66. The van der Waals surface area contributed by atoms with Crippen LogP contribution in [0.15, 0.2) is 30.6 Å². The molecular weight excluding hydrogens is 229 g/mol. The molecule has 0 amide bonds. The largest absolute Gasteiger partial charge is 0.336 e. The predicted molar refractivity (Wildman–Crippen MR) is 61.5 cm³/mol. The van der Waals surface area contributed by atoms with Crippen molar-refractivity contribution < 1.29 is 4.39 Å². The second kappa shape index (κ2) is 4.45. The number of nitrogens with one attached hydrogen (secondary N) is 1. The summed E-state index contributed by atoms with van der Waals surface area (Å²) in [6.45, 7) is 1.83. The molecule has 0 radical (unpaired) electrons. The Morgan fingerprint density at radius 3 is 2.88 bits per heavy atom. The summed E-state index contributed by atoms with van der Waals surface area (Å²) in [6, 6.07) is 4.78. The molecule has 0 saturated carbocycles. The van der Waals surface area contributed by atoms with Crippen molar-refractivity contribution in [3.05, 3.63) is 47.1 Å². The van der Waals surface area contributed by atoms with E-state index in [1.807, 2.05) is 6.92 Å². The summed E-state index contributed by atoms with van der Waals surface area (Å²) in [7, 11) is 0. The number of pyridine rings is 2. The van der Waals surface area contributed by atoms with E-state index in [9.17, 15) is 4.39 Å². The molecule has 2 rings (SSSR count). The van der Waals surface area contributed by atoms with E-state index >= 15 is 0 Å². The number of hydrogen-bond acceptors (Lipinski definition) is 3. The van der Waals surface area contributed by atoms with E-state index in [2.05, 4.69) is 15.3 Å². The molecule has 2 aromatic heterocycles. The fourth-order valence-electron chi connectivity index (χ4n) is 1.25. The first kappa shape index (κ1) is 10.8. The lowest BCUT2D eigenvalue weighted by atomic mass is 10.3. The van der Waals surface area contributed by atoms with Gasteiger partial charge in [0.05, 0.1) is 16.4 Å². The molecule has 0 aliphatic carbocycles. The molecule has 2 heterocycles. The molecule has 0 unspecified atom stereocenters. The Bertz CT molecular complexity index is 516. The Labute approximate surface area is 97.3 Å². The third-order valence-electron chi connectivity index (χ3n) is 2.07. The second-order valence-corrected chi connectivity index (χ2v) is 3.68. The minimum Gasteiger partial charge on any atom is -0.336 e. The molecule has 0 atom stereocenters. The second-order valence-electron chi connectivity index (χ2n) is 3.25. The zero-order valence-corrected chi connectivity index (χ0v) is 9.29. The van der Waals surface area contributed by atoms with E-state index in [-0.39, 0.29) is 10.8 Å². The fourth-order valence-corrected chi connectivity index (χ4v) is 1.40. The van der Waals surface area contributed by atoms with E-state index in [1.165, 1.54) is 12.3 Å². The highest BCUT2D eigenvalue weighted by Gasteiger charge is 2.06. The molecule has 0 aromatic carbocycles. The van der Waals surface area contributed by atoms with Crippen molar-refractivity contribution >= 4 is 23.1 Å². The zero-order chi connectivity index (χ0) is 11.5. The number of aryl methyl sites for hydroxylation is 1. The summed E-state index contributed by atoms with van der Waals surface area (Å²) in [5.74, 6) is -0.351. The van der Waals surface area contributed by atoms with Gasteiger partial charge in [-0.15, -0.1) is 0 Å². The summed E-state index contributed by atoms with van der Waals surface area (Å²) in [6.07, 6.45) is 3.06. The Kier molecular flexibility index (Phi) is 3.01. The number of hydrogen-bond donors (Lipinski definition) is 1. The van der Waals surface area contributed by atoms with Gasteiger partial charge in [0, 0.05) is 12.4 Å². The fraction of sp³-hybridized carbons (Fsp3) is 0.0909. The normalized spacial score (nSPS) is 10.2. The standard InChI is InChI=1S/C11H9ClFN3/c1-7-10(3-2-4-14-7)16-11-9(13)5-8(12)6-15-11/h2-6H,1H3,(H,15,16). The van der Waals surface area contributed by atoms with Crippen molar-refractivity contribution in [3.63, 3.8) is 0 Å². The van der Waals surface area contributed by atoms with Gasteiger partial charge in [-0.25, -0.2) is 9.37 Å². The number of anilines is 2. The summed E-state index contributed by atoms with van der Waals surface area (Å²) in [5.41, 5.74) is 1.50. The molecule has 3 nitrogen and oxygen atoms in total. The lowest BCUT2D eigenvalue weighted by Gasteiger charge is -2.08. The minimum atomic E-state index is -0.490. The lowest BCUT2D eigenvalue weighted by molar-refractivity contribution is 0.626. The maximum absolute atomic E-state index is 13.4. The van der Waals surface area contributed by atoms with E-state index in [0.717, 1.165) is 11.4 Å². The van der Waals surface area contributed by atoms with E-state index in [1.54, 1.807) is 18.3 Å². The molecule has 0 spiro atoms. The highest BCUT2D eigenvalue weighted by atomic mass is 35.5. The van der Waals surface area contributed by atoms with Gasteiger partial charge in [0.15, 0.2) is 11.6 Å². The predicted octanol–water partition coefficient (Wildman–Crippen LogP) is 3.32. The molecule has 82 valence electrons.